The van der Waals surface area contributed by atoms with Crippen LogP contribution in [0.5, 0.6) is 0 Å². The third-order valence-electron chi connectivity index (χ3n) is 2.50. The van der Waals surface area contributed by atoms with Crippen molar-refractivity contribution in [3.05, 3.63) is 24.3 Å². The fourth-order valence-electron chi connectivity index (χ4n) is 1.21. The number of rotatable bonds is 5. The molecule has 0 aliphatic heterocycles. The van der Waals surface area contributed by atoms with E-state index in [0.717, 1.165) is 0 Å². The van der Waals surface area contributed by atoms with Crippen molar-refractivity contribution in [2.75, 3.05) is 18.9 Å². The zero-order chi connectivity index (χ0) is 13.8. The van der Waals surface area contributed by atoms with Gasteiger partial charge in [-0.25, -0.2) is 13.1 Å². The topological polar surface area (TPSA) is 101 Å². The molecule has 0 spiro atoms. The van der Waals surface area contributed by atoms with Crippen molar-refractivity contribution in [1.82, 2.24) is 4.72 Å². The van der Waals surface area contributed by atoms with Gasteiger partial charge in [0.25, 0.3) is 0 Å². The van der Waals surface area contributed by atoms with Crippen molar-refractivity contribution >= 4 is 21.6 Å². The molecule has 0 bridgehead atoms. The fourth-order valence-corrected chi connectivity index (χ4v) is 1.94. The summed E-state index contributed by atoms with van der Waals surface area (Å²) in [6, 6.07) is 5.92. The molecule has 0 heterocycles. The molecule has 0 aliphatic rings. The van der Waals surface area contributed by atoms with Crippen molar-refractivity contribution < 1.29 is 13.2 Å². The summed E-state index contributed by atoms with van der Waals surface area (Å²) in [5.74, 6) is -0.479. The number of hydrogen-bond acceptors (Lipinski definition) is 4. The minimum atomic E-state index is -3.45. The lowest BCUT2D eigenvalue weighted by Crippen LogP contribution is -2.26. The first-order chi connectivity index (χ1) is 8.40. The van der Waals surface area contributed by atoms with Gasteiger partial charge in [0.2, 0.25) is 15.9 Å². The van der Waals surface area contributed by atoms with E-state index >= 15 is 0 Å². The van der Waals surface area contributed by atoms with Crippen LogP contribution in [0.25, 0.3) is 0 Å². The minimum Gasteiger partial charge on any atom is -0.330 e. The second kappa shape index (κ2) is 5.94. The second-order valence-electron chi connectivity index (χ2n) is 3.86. The maximum atomic E-state index is 11.6. The van der Waals surface area contributed by atoms with Gasteiger partial charge in [-0.2, -0.15) is 0 Å². The summed E-state index contributed by atoms with van der Waals surface area (Å²) < 4.78 is 25.2. The Balaban J connectivity index is 2.82. The van der Waals surface area contributed by atoms with Gasteiger partial charge in [0.15, 0.2) is 0 Å². The number of nitrogens with two attached hydrogens (primary N) is 1. The quantitative estimate of drug-likeness (QED) is 0.708. The first kappa shape index (κ1) is 14.6. The maximum Gasteiger partial charge on any atom is 0.240 e. The molecule has 0 radical (unpaired) electrons. The molecule has 0 aromatic heterocycles. The van der Waals surface area contributed by atoms with E-state index in [1.807, 2.05) is 0 Å². The van der Waals surface area contributed by atoms with Crippen LogP contribution in [0, 0.1) is 5.92 Å². The lowest BCUT2D eigenvalue weighted by Gasteiger charge is -2.10. The van der Waals surface area contributed by atoms with Crippen LogP contribution in [-0.4, -0.2) is 27.9 Å². The summed E-state index contributed by atoms with van der Waals surface area (Å²) in [5, 5.41) is 2.66. The minimum absolute atomic E-state index is 0.148. The predicted octanol–water partition coefficient (Wildman–Crippen LogP) is 0.128. The van der Waals surface area contributed by atoms with Crippen LogP contribution in [0.4, 0.5) is 5.69 Å². The highest BCUT2D eigenvalue weighted by Gasteiger charge is 2.13. The van der Waals surface area contributed by atoms with E-state index in [1.165, 1.54) is 31.3 Å². The first-order valence-electron chi connectivity index (χ1n) is 5.45. The Morgan fingerprint density at radius 3 is 2.33 bits per heavy atom. The van der Waals surface area contributed by atoms with Crippen LogP contribution in [-0.2, 0) is 14.8 Å². The Bertz CT molecular complexity index is 511. The molecule has 18 heavy (non-hydrogen) atoms. The molecule has 1 aromatic carbocycles. The molecule has 0 saturated heterocycles. The standard InChI is InChI=1S/C11H17N3O3S/c1-8(7-12)11(15)14-9-3-5-10(6-4-9)18(16,17)13-2/h3-6,8,13H,7,12H2,1-2H3,(H,14,15). The number of carbonyl (C=O) groups is 1. The Morgan fingerprint density at radius 2 is 1.89 bits per heavy atom. The number of sulfonamides is 1. The number of nitrogens with one attached hydrogen (secondary N) is 2. The van der Waals surface area contributed by atoms with E-state index in [9.17, 15) is 13.2 Å². The highest BCUT2D eigenvalue weighted by Crippen LogP contribution is 2.14. The smallest absolute Gasteiger partial charge is 0.240 e. The Labute approximate surface area is 107 Å². The highest BCUT2D eigenvalue weighted by molar-refractivity contribution is 7.89. The molecule has 0 aliphatic carbocycles. The third kappa shape index (κ3) is 3.52. The predicted molar refractivity (Wildman–Crippen MR) is 69.5 cm³/mol. The number of anilines is 1. The van der Waals surface area contributed by atoms with Crippen molar-refractivity contribution in [3.63, 3.8) is 0 Å². The van der Waals surface area contributed by atoms with Crippen molar-refractivity contribution in [3.8, 4) is 0 Å². The Kier molecular flexibility index (Phi) is 4.83. The van der Waals surface area contributed by atoms with Gasteiger partial charge in [-0.05, 0) is 31.3 Å². The molecule has 0 saturated carbocycles. The summed E-state index contributed by atoms with van der Waals surface area (Å²) in [5.41, 5.74) is 5.91. The average Bonchev–Trinajstić information content (AvgIpc) is 2.38. The molecule has 1 aromatic rings. The van der Waals surface area contributed by atoms with E-state index in [0.29, 0.717) is 5.69 Å². The molecule has 4 N–H and O–H groups in total. The number of benzene rings is 1. The Morgan fingerprint density at radius 1 is 1.33 bits per heavy atom. The fraction of sp³-hybridized carbons (Fsp3) is 0.364. The van der Waals surface area contributed by atoms with E-state index in [-0.39, 0.29) is 23.3 Å². The van der Waals surface area contributed by atoms with Gasteiger partial charge in [-0.1, -0.05) is 6.92 Å². The van der Waals surface area contributed by atoms with Crippen LogP contribution in [0.3, 0.4) is 0 Å². The van der Waals surface area contributed by atoms with Crippen molar-refractivity contribution in [2.24, 2.45) is 11.7 Å². The van der Waals surface area contributed by atoms with E-state index < -0.39 is 10.0 Å². The number of hydrogen-bond donors (Lipinski definition) is 3. The Hall–Kier alpha value is -1.44. The van der Waals surface area contributed by atoms with Crippen LogP contribution >= 0.6 is 0 Å². The SMILES string of the molecule is CNS(=O)(=O)c1ccc(NC(=O)C(C)CN)cc1. The molecule has 1 rings (SSSR count). The van der Waals surface area contributed by atoms with Crippen LogP contribution in [0.1, 0.15) is 6.92 Å². The highest BCUT2D eigenvalue weighted by atomic mass is 32.2. The second-order valence-corrected chi connectivity index (χ2v) is 5.74. The molecule has 6 nitrogen and oxygen atoms in total. The van der Waals surface area contributed by atoms with E-state index in [4.69, 9.17) is 5.73 Å². The van der Waals surface area contributed by atoms with Gasteiger partial charge in [0, 0.05) is 18.2 Å². The lowest BCUT2D eigenvalue weighted by atomic mass is 10.1. The van der Waals surface area contributed by atoms with Gasteiger partial charge < -0.3 is 11.1 Å². The van der Waals surface area contributed by atoms with Gasteiger partial charge in [0.1, 0.15) is 0 Å². The maximum absolute atomic E-state index is 11.6. The van der Waals surface area contributed by atoms with Crippen LogP contribution in [0.15, 0.2) is 29.2 Å². The van der Waals surface area contributed by atoms with Gasteiger partial charge in [0.05, 0.1) is 4.90 Å². The zero-order valence-electron chi connectivity index (χ0n) is 10.3. The summed E-state index contributed by atoms with van der Waals surface area (Å²) in [6.45, 7) is 1.98. The van der Waals surface area contributed by atoms with E-state index in [2.05, 4.69) is 10.0 Å². The summed E-state index contributed by atoms with van der Waals surface area (Å²) >= 11 is 0. The molecular weight excluding hydrogens is 254 g/mol. The van der Waals surface area contributed by atoms with E-state index in [1.54, 1.807) is 6.92 Å². The zero-order valence-corrected chi connectivity index (χ0v) is 11.1. The summed E-state index contributed by atoms with van der Waals surface area (Å²) in [7, 11) is -2.11. The van der Waals surface area contributed by atoms with Gasteiger partial charge in [-0.15, -0.1) is 0 Å². The summed E-state index contributed by atoms with van der Waals surface area (Å²) in [6.07, 6.45) is 0. The van der Waals surface area contributed by atoms with Gasteiger partial charge >= 0.3 is 0 Å². The monoisotopic (exact) mass is 271 g/mol. The molecule has 100 valence electrons. The third-order valence-corrected chi connectivity index (χ3v) is 3.93. The van der Waals surface area contributed by atoms with Crippen molar-refractivity contribution in [2.45, 2.75) is 11.8 Å². The summed E-state index contributed by atoms with van der Waals surface area (Å²) in [4.78, 5) is 11.7. The van der Waals surface area contributed by atoms with Crippen LogP contribution < -0.4 is 15.8 Å². The molecule has 7 heteroatoms. The molecule has 1 unspecified atom stereocenters. The largest absolute Gasteiger partial charge is 0.330 e. The molecule has 0 fully saturated rings. The average molecular weight is 271 g/mol. The number of amides is 1. The number of carbonyl (C=O) groups excluding carboxylic acids is 1. The normalized spacial score (nSPS) is 13.1. The molecule has 1 atom stereocenters. The molecule has 1 amide bonds. The van der Waals surface area contributed by atoms with Crippen LogP contribution in [0.2, 0.25) is 0 Å². The van der Waals surface area contributed by atoms with Crippen molar-refractivity contribution in [1.29, 1.82) is 0 Å². The van der Waals surface area contributed by atoms with Gasteiger partial charge in [-0.3, -0.25) is 4.79 Å². The first-order valence-corrected chi connectivity index (χ1v) is 6.93. The molecular formula is C11H17N3O3S. The lowest BCUT2D eigenvalue weighted by molar-refractivity contribution is -0.119.